The first-order valence-electron chi connectivity index (χ1n) is 5.79. The summed E-state index contributed by atoms with van der Waals surface area (Å²) in [5, 5.41) is 0. The van der Waals surface area contributed by atoms with Crippen molar-refractivity contribution < 1.29 is 22.7 Å². The molecule has 100 valence electrons. The average Bonchev–Trinajstić information content (AvgIpc) is 2.33. The van der Waals surface area contributed by atoms with Crippen molar-refractivity contribution in [2.24, 2.45) is 0 Å². The fraction of sp³-hybridized carbons (Fsp3) is 0.462. The summed E-state index contributed by atoms with van der Waals surface area (Å²) in [6, 6.07) is 5.02. The molecule has 5 heteroatoms. The van der Waals surface area contributed by atoms with E-state index < -0.39 is 12.0 Å². The fourth-order valence-corrected chi connectivity index (χ4v) is 1.41. The van der Waals surface area contributed by atoms with Gasteiger partial charge in [-0.25, -0.2) is 0 Å². The summed E-state index contributed by atoms with van der Waals surface area (Å²) < 4.78 is 41.8. The molecule has 2 nitrogen and oxygen atoms in total. The third-order valence-electron chi connectivity index (χ3n) is 2.39. The minimum absolute atomic E-state index is 0.372. The minimum Gasteiger partial charge on any atom is -0.494 e. The summed E-state index contributed by atoms with van der Waals surface area (Å²) in [7, 11) is 0. The second-order valence-electron chi connectivity index (χ2n) is 3.91. The third-order valence-corrected chi connectivity index (χ3v) is 2.39. The summed E-state index contributed by atoms with van der Waals surface area (Å²) in [6.45, 7) is 2.60. The fourth-order valence-electron chi connectivity index (χ4n) is 1.41. The van der Waals surface area contributed by atoms with Crippen LogP contribution >= 0.6 is 0 Å². The van der Waals surface area contributed by atoms with Crippen molar-refractivity contribution in [2.75, 3.05) is 6.61 Å². The van der Waals surface area contributed by atoms with Crippen molar-refractivity contribution in [1.29, 1.82) is 0 Å². The molecule has 0 spiro atoms. The van der Waals surface area contributed by atoms with Gasteiger partial charge < -0.3 is 4.74 Å². The quantitative estimate of drug-likeness (QED) is 0.570. The molecule has 1 aromatic carbocycles. The highest BCUT2D eigenvalue weighted by Crippen LogP contribution is 2.22. The molecule has 0 aromatic heterocycles. The number of unbranched alkanes of at least 4 members (excludes halogenated alkanes) is 2. The lowest BCUT2D eigenvalue weighted by molar-refractivity contribution is -0.0885. The van der Waals surface area contributed by atoms with Crippen LogP contribution in [0.5, 0.6) is 5.75 Å². The number of carbonyl (C=O) groups excluding carboxylic acids is 1. The summed E-state index contributed by atoms with van der Waals surface area (Å²) in [4.78, 5) is 10.9. The molecular weight excluding hydrogens is 245 g/mol. The smallest absolute Gasteiger partial charge is 0.454 e. The van der Waals surface area contributed by atoms with Crippen LogP contribution in [0.25, 0.3) is 0 Å². The lowest BCUT2D eigenvalue weighted by atomic mass is 10.1. The Bertz CT molecular complexity index is 382. The van der Waals surface area contributed by atoms with Crippen LogP contribution in [0.3, 0.4) is 0 Å². The van der Waals surface area contributed by atoms with E-state index in [1.54, 1.807) is 0 Å². The summed E-state index contributed by atoms with van der Waals surface area (Å²) in [5.74, 6) is -1.36. The molecule has 0 amide bonds. The van der Waals surface area contributed by atoms with Gasteiger partial charge in [0.2, 0.25) is 0 Å². The maximum Gasteiger partial charge on any atom is 0.454 e. The van der Waals surface area contributed by atoms with E-state index >= 15 is 0 Å². The molecule has 0 aliphatic heterocycles. The minimum atomic E-state index is -4.83. The number of ketones is 1. The van der Waals surface area contributed by atoms with Crippen molar-refractivity contribution in [3.8, 4) is 5.75 Å². The standard InChI is InChI=1S/C13H15F3O2/c1-2-3-4-9-18-11-7-5-10(6-8-11)12(17)13(14,15)16/h5-8H,2-4,9H2,1H3. The molecule has 0 radical (unpaired) electrons. The van der Waals surface area contributed by atoms with E-state index in [-0.39, 0.29) is 5.56 Å². The average molecular weight is 260 g/mol. The molecule has 0 bridgehead atoms. The normalized spacial score (nSPS) is 11.3. The van der Waals surface area contributed by atoms with Gasteiger partial charge in [-0.1, -0.05) is 19.8 Å². The van der Waals surface area contributed by atoms with E-state index in [1.807, 2.05) is 0 Å². The molecule has 0 N–H and O–H groups in total. The zero-order valence-electron chi connectivity index (χ0n) is 10.1. The summed E-state index contributed by atoms with van der Waals surface area (Å²) in [6.07, 6.45) is -1.81. The van der Waals surface area contributed by atoms with Crippen LogP contribution in [0.4, 0.5) is 13.2 Å². The predicted octanol–water partition coefficient (Wildman–Crippen LogP) is 4.00. The van der Waals surface area contributed by atoms with Crippen LogP contribution in [-0.4, -0.2) is 18.6 Å². The highest BCUT2D eigenvalue weighted by molar-refractivity contribution is 6.00. The van der Waals surface area contributed by atoms with Crippen molar-refractivity contribution in [3.05, 3.63) is 29.8 Å². The molecule has 0 unspecified atom stereocenters. The SMILES string of the molecule is CCCCCOc1ccc(C(=O)C(F)(F)F)cc1. The molecule has 0 aliphatic rings. The van der Waals surface area contributed by atoms with E-state index in [4.69, 9.17) is 4.74 Å². The molecule has 0 aliphatic carbocycles. The number of ether oxygens (including phenoxy) is 1. The van der Waals surface area contributed by atoms with Crippen LogP contribution in [-0.2, 0) is 0 Å². The van der Waals surface area contributed by atoms with Gasteiger partial charge in [0, 0.05) is 5.56 Å². The van der Waals surface area contributed by atoms with E-state index in [0.29, 0.717) is 12.4 Å². The number of Topliss-reactive ketones (excluding diaryl/α,β-unsaturated/α-hetero) is 1. The van der Waals surface area contributed by atoms with E-state index in [9.17, 15) is 18.0 Å². The lowest BCUT2D eigenvalue weighted by Crippen LogP contribution is -2.22. The van der Waals surface area contributed by atoms with Gasteiger partial charge in [0.25, 0.3) is 5.78 Å². The van der Waals surface area contributed by atoms with Gasteiger partial charge in [0.1, 0.15) is 5.75 Å². The van der Waals surface area contributed by atoms with E-state index in [1.165, 1.54) is 12.1 Å². The summed E-state index contributed by atoms with van der Waals surface area (Å²) >= 11 is 0. The first-order valence-corrected chi connectivity index (χ1v) is 5.79. The van der Waals surface area contributed by atoms with Gasteiger partial charge in [-0.3, -0.25) is 4.79 Å². The van der Waals surface area contributed by atoms with Crippen LogP contribution in [0.1, 0.15) is 36.5 Å². The van der Waals surface area contributed by atoms with Crippen molar-refractivity contribution in [3.63, 3.8) is 0 Å². The molecular formula is C13H15F3O2. The Kier molecular flexibility index (Phi) is 5.19. The topological polar surface area (TPSA) is 26.3 Å². The molecule has 0 fully saturated rings. The first kappa shape index (κ1) is 14.5. The van der Waals surface area contributed by atoms with Crippen LogP contribution < -0.4 is 4.74 Å². The largest absolute Gasteiger partial charge is 0.494 e. The second-order valence-corrected chi connectivity index (χ2v) is 3.91. The number of benzene rings is 1. The Morgan fingerprint density at radius 1 is 1.17 bits per heavy atom. The zero-order chi connectivity index (χ0) is 13.6. The van der Waals surface area contributed by atoms with Gasteiger partial charge in [-0.2, -0.15) is 13.2 Å². The van der Waals surface area contributed by atoms with E-state index in [2.05, 4.69) is 6.92 Å². The van der Waals surface area contributed by atoms with Crippen LogP contribution in [0.15, 0.2) is 24.3 Å². The third kappa shape index (κ3) is 4.39. The van der Waals surface area contributed by atoms with Gasteiger partial charge >= 0.3 is 6.18 Å². The first-order chi connectivity index (χ1) is 8.45. The predicted molar refractivity (Wildman–Crippen MR) is 61.8 cm³/mol. The molecule has 0 saturated heterocycles. The van der Waals surface area contributed by atoms with Gasteiger partial charge in [0.15, 0.2) is 0 Å². The Morgan fingerprint density at radius 3 is 2.28 bits per heavy atom. The number of carbonyl (C=O) groups is 1. The Morgan fingerprint density at radius 2 is 1.78 bits per heavy atom. The van der Waals surface area contributed by atoms with Crippen molar-refractivity contribution in [2.45, 2.75) is 32.4 Å². The maximum absolute atomic E-state index is 12.1. The molecule has 1 aromatic rings. The monoisotopic (exact) mass is 260 g/mol. The number of halogens is 3. The number of hydrogen-bond acceptors (Lipinski definition) is 2. The van der Waals surface area contributed by atoms with Crippen molar-refractivity contribution in [1.82, 2.24) is 0 Å². The van der Waals surface area contributed by atoms with Crippen LogP contribution in [0, 0.1) is 0 Å². The molecule has 0 atom stereocenters. The Labute approximate surface area is 104 Å². The summed E-state index contributed by atoms with van der Waals surface area (Å²) in [5.41, 5.74) is -0.372. The second kappa shape index (κ2) is 6.42. The van der Waals surface area contributed by atoms with E-state index in [0.717, 1.165) is 31.4 Å². The van der Waals surface area contributed by atoms with Gasteiger partial charge in [-0.05, 0) is 30.7 Å². The lowest BCUT2D eigenvalue weighted by Gasteiger charge is -2.07. The number of alkyl halides is 3. The zero-order valence-corrected chi connectivity index (χ0v) is 10.1. The van der Waals surface area contributed by atoms with Gasteiger partial charge in [-0.15, -0.1) is 0 Å². The molecule has 18 heavy (non-hydrogen) atoms. The Balaban J connectivity index is 2.55. The number of hydrogen-bond donors (Lipinski definition) is 0. The highest BCUT2D eigenvalue weighted by atomic mass is 19.4. The molecule has 1 rings (SSSR count). The maximum atomic E-state index is 12.1. The number of rotatable bonds is 6. The van der Waals surface area contributed by atoms with Gasteiger partial charge in [0.05, 0.1) is 6.61 Å². The Hall–Kier alpha value is -1.52. The molecule has 0 heterocycles. The molecule has 0 saturated carbocycles. The van der Waals surface area contributed by atoms with Crippen LogP contribution in [0.2, 0.25) is 0 Å². The van der Waals surface area contributed by atoms with Crippen molar-refractivity contribution >= 4 is 5.78 Å². The highest BCUT2D eigenvalue weighted by Gasteiger charge is 2.39.